The third kappa shape index (κ3) is 3.03. The average Bonchev–Trinajstić information content (AvgIpc) is 2.59. The number of hydrogen-bond acceptors (Lipinski definition) is 5. The van der Waals surface area contributed by atoms with Crippen LogP contribution in [0.15, 0.2) is 24.5 Å². The van der Waals surface area contributed by atoms with Crippen molar-refractivity contribution in [3.63, 3.8) is 0 Å². The maximum absolute atomic E-state index is 6.49. The molecule has 142 valence electrons. The minimum absolute atomic E-state index is 0.189. The Balaban J connectivity index is 1.40. The highest BCUT2D eigenvalue weighted by molar-refractivity contribution is 5.78. The monoisotopic (exact) mass is 363 g/mol. The lowest BCUT2D eigenvalue weighted by atomic mass is 9.53. The van der Waals surface area contributed by atoms with E-state index in [4.69, 9.17) is 5.73 Å². The summed E-state index contributed by atoms with van der Waals surface area (Å²) >= 11 is 0. The van der Waals surface area contributed by atoms with Crippen molar-refractivity contribution in [2.45, 2.75) is 57.9 Å². The van der Waals surface area contributed by atoms with E-state index in [9.17, 15) is 0 Å². The average molecular weight is 364 g/mol. The highest BCUT2D eigenvalue weighted by Gasteiger charge is 2.51. The number of nitrogens with zero attached hydrogens (tertiary/aromatic N) is 2. The summed E-state index contributed by atoms with van der Waals surface area (Å²) in [6.07, 6.45) is 9.71. The van der Waals surface area contributed by atoms with Gasteiger partial charge in [-0.3, -0.25) is 0 Å². The Morgan fingerprint density at radius 3 is 2.22 bits per heavy atom. The van der Waals surface area contributed by atoms with Crippen LogP contribution in [0.25, 0.3) is 0 Å². The number of anilines is 4. The first-order valence-electron chi connectivity index (χ1n) is 10.2. The maximum Gasteiger partial charge on any atom is 0.159 e. The summed E-state index contributed by atoms with van der Waals surface area (Å²) in [7, 11) is 0. The van der Waals surface area contributed by atoms with Crippen LogP contribution in [0.1, 0.15) is 49.7 Å². The predicted octanol–water partition coefficient (Wildman–Crippen LogP) is 4.80. The molecule has 4 aliphatic carbocycles. The Bertz CT molecular complexity index is 840. The molecule has 2 aromatic rings. The largest absolute Gasteiger partial charge is 0.393 e. The van der Waals surface area contributed by atoms with Gasteiger partial charge in [-0.15, -0.1) is 0 Å². The summed E-state index contributed by atoms with van der Waals surface area (Å²) in [6.45, 7) is 4.20. The molecular weight excluding hydrogens is 334 g/mol. The first-order valence-corrected chi connectivity index (χ1v) is 10.2. The van der Waals surface area contributed by atoms with Crippen LogP contribution < -0.4 is 16.4 Å². The van der Waals surface area contributed by atoms with Crippen LogP contribution in [0.3, 0.4) is 0 Å². The third-order valence-electron chi connectivity index (χ3n) is 6.94. The van der Waals surface area contributed by atoms with Crippen molar-refractivity contribution in [1.82, 2.24) is 9.97 Å². The van der Waals surface area contributed by atoms with E-state index < -0.39 is 0 Å². The molecule has 0 amide bonds. The lowest BCUT2D eigenvalue weighted by Crippen LogP contribution is -2.55. The van der Waals surface area contributed by atoms with Crippen LogP contribution in [0.5, 0.6) is 0 Å². The number of hydrogen-bond donors (Lipinski definition) is 3. The smallest absolute Gasteiger partial charge is 0.159 e. The summed E-state index contributed by atoms with van der Waals surface area (Å²) in [5.74, 6) is 4.14. The molecule has 6 rings (SSSR count). The fraction of sp³-hybridized carbons (Fsp3) is 0.545. The van der Waals surface area contributed by atoms with E-state index in [1.807, 2.05) is 0 Å². The molecule has 1 aromatic carbocycles. The summed E-state index contributed by atoms with van der Waals surface area (Å²) in [4.78, 5) is 8.91. The van der Waals surface area contributed by atoms with Crippen molar-refractivity contribution in [3.8, 4) is 0 Å². The maximum atomic E-state index is 6.49. The first-order chi connectivity index (χ1) is 13.0. The Morgan fingerprint density at radius 2 is 1.59 bits per heavy atom. The molecular formula is C22H29N5. The standard InChI is InChI=1S/C22H29N5/c1-13-3-4-18(14(2)5-13)26-20-19(23)21(25-12-24-20)27-22-9-15-6-16(10-22)8-17(7-15)11-22/h3-5,12,15-17H,6-11,23H2,1-2H3,(H2,24,25,26,27). The Morgan fingerprint density at radius 1 is 0.963 bits per heavy atom. The molecule has 1 heterocycles. The molecule has 0 unspecified atom stereocenters. The van der Waals surface area contributed by atoms with Gasteiger partial charge >= 0.3 is 0 Å². The molecule has 27 heavy (non-hydrogen) atoms. The zero-order valence-electron chi connectivity index (χ0n) is 16.3. The van der Waals surface area contributed by atoms with Crippen molar-refractivity contribution in [1.29, 1.82) is 0 Å². The van der Waals surface area contributed by atoms with E-state index in [0.717, 1.165) is 29.3 Å². The van der Waals surface area contributed by atoms with E-state index in [0.29, 0.717) is 11.5 Å². The van der Waals surface area contributed by atoms with Crippen LogP contribution >= 0.6 is 0 Å². The second kappa shape index (κ2) is 6.11. The topological polar surface area (TPSA) is 75.9 Å². The molecule has 0 radical (unpaired) electrons. The fourth-order valence-corrected chi connectivity index (χ4v) is 6.19. The lowest BCUT2D eigenvalue weighted by Gasteiger charge is -2.57. The van der Waals surface area contributed by atoms with E-state index in [2.05, 4.69) is 52.6 Å². The van der Waals surface area contributed by atoms with Crippen molar-refractivity contribution in [3.05, 3.63) is 35.7 Å². The van der Waals surface area contributed by atoms with Gasteiger partial charge in [-0.2, -0.15) is 0 Å². The number of benzene rings is 1. The molecule has 4 bridgehead atoms. The fourth-order valence-electron chi connectivity index (χ4n) is 6.19. The van der Waals surface area contributed by atoms with E-state index >= 15 is 0 Å². The first kappa shape index (κ1) is 16.8. The minimum Gasteiger partial charge on any atom is -0.393 e. The molecule has 4 aliphatic rings. The van der Waals surface area contributed by atoms with Crippen molar-refractivity contribution in [2.75, 3.05) is 16.4 Å². The van der Waals surface area contributed by atoms with E-state index in [1.165, 1.54) is 49.7 Å². The SMILES string of the molecule is Cc1ccc(Nc2ncnc(NC34CC5CC(CC(C5)C3)C4)c2N)c(C)c1. The third-order valence-corrected chi connectivity index (χ3v) is 6.94. The molecule has 5 heteroatoms. The summed E-state index contributed by atoms with van der Waals surface area (Å²) < 4.78 is 0. The molecule has 0 spiro atoms. The van der Waals surface area contributed by atoms with Crippen LogP contribution in [0.4, 0.5) is 23.0 Å². The van der Waals surface area contributed by atoms with E-state index in [1.54, 1.807) is 6.33 Å². The van der Waals surface area contributed by atoms with Gasteiger partial charge in [-0.05, 0) is 81.8 Å². The number of rotatable bonds is 4. The Labute approximate surface area is 161 Å². The number of nitrogens with two attached hydrogens (primary N) is 1. The van der Waals surface area contributed by atoms with Crippen LogP contribution in [0, 0.1) is 31.6 Å². The summed E-state index contributed by atoms with van der Waals surface area (Å²) in [6, 6.07) is 6.34. The van der Waals surface area contributed by atoms with Gasteiger partial charge in [0.2, 0.25) is 0 Å². The zero-order valence-corrected chi connectivity index (χ0v) is 16.3. The molecule has 5 nitrogen and oxygen atoms in total. The lowest BCUT2D eigenvalue weighted by molar-refractivity contribution is 0.0106. The van der Waals surface area contributed by atoms with Gasteiger partial charge < -0.3 is 16.4 Å². The zero-order chi connectivity index (χ0) is 18.6. The molecule has 1 aromatic heterocycles. The van der Waals surface area contributed by atoms with Gasteiger partial charge in [0.1, 0.15) is 12.0 Å². The van der Waals surface area contributed by atoms with Crippen molar-refractivity contribution >= 4 is 23.0 Å². The quantitative estimate of drug-likeness (QED) is 0.727. The number of nitrogen functional groups attached to an aromatic ring is 1. The van der Waals surface area contributed by atoms with Crippen molar-refractivity contribution < 1.29 is 0 Å². The van der Waals surface area contributed by atoms with Gasteiger partial charge in [0.15, 0.2) is 11.6 Å². The van der Waals surface area contributed by atoms with E-state index in [-0.39, 0.29) is 5.54 Å². The molecule has 0 saturated heterocycles. The van der Waals surface area contributed by atoms with Gasteiger partial charge in [0, 0.05) is 11.2 Å². The molecule has 4 fully saturated rings. The van der Waals surface area contributed by atoms with Gasteiger partial charge in [0.25, 0.3) is 0 Å². The van der Waals surface area contributed by atoms with Gasteiger partial charge in [0.05, 0.1) is 0 Å². The number of aryl methyl sites for hydroxylation is 2. The summed E-state index contributed by atoms with van der Waals surface area (Å²) in [5, 5.41) is 7.19. The highest BCUT2D eigenvalue weighted by Crippen LogP contribution is 2.56. The Hall–Kier alpha value is -2.30. The normalized spacial score (nSPS) is 31.1. The highest BCUT2D eigenvalue weighted by atomic mass is 15.1. The van der Waals surface area contributed by atoms with Crippen LogP contribution in [0.2, 0.25) is 0 Å². The molecule has 4 saturated carbocycles. The van der Waals surface area contributed by atoms with Crippen molar-refractivity contribution in [2.24, 2.45) is 17.8 Å². The Kier molecular flexibility index (Phi) is 3.81. The number of nitrogens with one attached hydrogen (secondary N) is 2. The summed E-state index contributed by atoms with van der Waals surface area (Å²) in [5.41, 5.74) is 10.8. The van der Waals surface area contributed by atoms with Crippen LogP contribution in [-0.4, -0.2) is 15.5 Å². The minimum atomic E-state index is 0.189. The van der Waals surface area contributed by atoms with Gasteiger partial charge in [-0.25, -0.2) is 9.97 Å². The predicted molar refractivity (Wildman–Crippen MR) is 110 cm³/mol. The number of aromatic nitrogens is 2. The second-order valence-electron chi connectivity index (χ2n) is 9.25. The molecule has 0 atom stereocenters. The van der Waals surface area contributed by atoms with Crippen LogP contribution in [-0.2, 0) is 0 Å². The molecule has 0 aliphatic heterocycles. The van der Waals surface area contributed by atoms with Gasteiger partial charge in [-0.1, -0.05) is 17.7 Å². The second-order valence-corrected chi connectivity index (χ2v) is 9.25. The molecule has 4 N–H and O–H groups in total.